The molecule has 0 amide bonds. The van der Waals surface area contributed by atoms with E-state index in [-0.39, 0.29) is 5.43 Å². The van der Waals surface area contributed by atoms with Crippen LogP contribution in [0.3, 0.4) is 0 Å². The molecule has 0 atom stereocenters. The van der Waals surface area contributed by atoms with E-state index in [0.717, 1.165) is 34.1 Å². The van der Waals surface area contributed by atoms with E-state index in [1.807, 2.05) is 55.5 Å². The van der Waals surface area contributed by atoms with Gasteiger partial charge in [0.15, 0.2) is 11.1 Å². The Morgan fingerprint density at radius 2 is 1.55 bits per heavy atom. The van der Waals surface area contributed by atoms with Gasteiger partial charge in [0.25, 0.3) is 0 Å². The molecular formula is C29H28F3N3O3. The van der Waals surface area contributed by atoms with Crippen LogP contribution in [-0.4, -0.2) is 26.8 Å². The Labute approximate surface area is 217 Å². The number of alkyl halides is 3. The predicted molar refractivity (Wildman–Crippen MR) is 141 cm³/mol. The summed E-state index contributed by atoms with van der Waals surface area (Å²) in [4.78, 5) is 27.2. The average Bonchev–Trinajstić information content (AvgIpc) is 2.90. The fourth-order valence-corrected chi connectivity index (χ4v) is 4.73. The number of pyridine rings is 2. The number of hydrogen-bond acceptors (Lipinski definition) is 4. The van der Waals surface area contributed by atoms with Crippen LogP contribution >= 0.6 is 0 Å². The van der Waals surface area contributed by atoms with E-state index in [0.29, 0.717) is 11.3 Å². The maximum absolute atomic E-state index is 13.2. The molecule has 9 heteroatoms. The van der Waals surface area contributed by atoms with Crippen LogP contribution < -0.4 is 10.7 Å². The van der Waals surface area contributed by atoms with Gasteiger partial charge < -0.3 is 10.4 Å². The minimum Gasteiger partial charge on any atom is -0.475 e. The molecule has 0 radical (unpaired) electrons. The van der Waals surface area contributed by atoms with E-state index in [9.17, 15) is 18.0 Å². The summed E-state index contributed by atoms with van der Waals surface area (Å²) in [7, 11) is 0. The lowest BCUT2D eigenvalue weighted by Gasteiger charge is -2.23. The number of aryl methyl sites for hydroxylation is 1. The van der Waals surface area contributed by atoms with Crippen molar-refractivity contribution in [2.75, 3.05) is 5.32 Å². The first-order valence-electron chi connectivity index (χ1n) is 12.4. The number of halogens is 3. The van der Waals surface area contributed by atoms with Crippen LogP contribution in [0.2, 0.25) is 0 Å². The topological polar surface area (TPSA) is 84.2 Å². The van der Waals surface area contributed by atoms with Crippen LogP contribution in [0, 0.1) is 6.92 Å². The largest absolute Gasteiger partial charge is 0.490 e. The number of anilines is 2. The van der Waals surface area contributed by atoms with Crippen molar-refractivity contribution < 1.29 is 23.1 Å². The number of benzene rings is 2. The smallest absolute Gasteiger partial charge is 0.475 e. The zero-order chi connectivity index (χ0) is 27.3. The lowest BCUT2D eigenvalue weighted by Crippen LogP contribution is -2.21. The number of nitrogens with one attached hydrogen (secondary N) is 1. The highest BCUT2D eigenvalue weighted by Gasteiger charge is 2.38. The summed E-state index contributed by atoms with van der Waals surface area (Å²) < 4.78 is 33.8. The minimum atomic E-state index is -5.08. The summed E-state index contributed by atoms with van der Waals surface area (Å²) in [5.74, 6) is -1.56. The third-order valence-electron chi connectivity index (χ3n) is 6.51. The monoisotopic (exact) mass is 523 g/mol. The molecule has 0 bridgehead atoms. The quantitative estimate of drug-likeness (QED) is 0.298. The molecular weight excluding hydrogens is 495 g/mol. The van der Waals surface area contributed by atoms with Gasteiger partial charge in [-0.05, 0) is 55.7 Å². The van der Waals surface area contributed by atoms with E-state index >= 15 is 0 Å². The number of carboxylic acid groups (broad SMARTS) is 1. The Kier molecular flexibility index (Phi) is 8.14. The number of rotatable bonds is 4. The van der Waals surface area contributed by atoms with Gasteiger partial charge in [-0.15, -0.1) is 0 Å². The standard InChI is InChI=1S/C27H27N3O.C2HF3O2/c1-19-17-23(20-11-5-2-6-12-20)29-27-26(19)24(31)18-25(28-21-13-7-3-8-14-21)30(27)22-15-9-4-10-16-22;3-2(4,5)1(6)7/h3-4,7-10,13-18,20,28H,2,5-6,11-12H2,1H3;(H,6,7). The summed E-state index contributed by atoms with van der Waals surface area (Å²) in [6, 6.07) is 23.9. The number of nitrogens with zero attached hydrogens (tertiary/aromatic N) is 2. The lowest BCUT2D eigenvalue weighted by atomic mass is 9.86. The minimum absolute atomic E-state index is 0.000747. The molecule has 198 valence electrons. The first-order valence-corrected chi connectivity index (χ1v) is 12.4. The number of carbonyl (C=O) groups is 1. The van der Waals surface area contributed by atoms with Crippen molar-refractivity contribution in [1.82, 2.24) is 9.55 Å². The van der Waals surface area contributed by atoms with E-state index in [2.05, 4.69) is 28.1 Å². The molecule has 2 aromatic heterocycles. The van der Waals surface area contributed by atoms with E-state index < -0.39 is 12.1 Å². The summed E-state index contributed by atoms with van der Waals surface area (Å²) >= 11 is 0. The van der Waals surface area contributed by atoms with Gasteiger partial charge in [-0.1, -0.05) is 55.7 Å². The van der Waals surface area contributed by atoms with Gasteiger partial charge in [0, 0.05) is 29.1 Å². The average molecular weight is 524 g/mol. The normalized spacial score (nSPS) is 14.0. The summed E-state index contributed by atoms with van der Waals surface area (Å²) in [5.41, 5.74) is 4.78. The summed E-state index contributed by atoms with van der Waals surface area (Å²) in [5, 5.41) is 11.3. The third-order valence-corrected chi connectivity index (χ3v) is 6.51. The maximum atomic E-state index is 13.2. The number of aromatic nitrogens is 2. The summed E-state index contributed by atoms with van der Waals surface area (Å²) in [6.07, 6.45) is 1.09. The number of hydrogen-bond donors (Lipinski definition) is 2. The van der Waals surface area contributed by atoms with Gasteiger partial charge in [-0.3, -0.25) is 9.36 Å². The molecule has 1 aliphatic carbocycles. The van der Waals surface area contributed by atoms with Crippen molar-refractivity contribution in [2.24, 2.45) is 0 Å². The van der Waals surface area contributed by atoms with Gasteiger partial charge >= 0.3 is 12.1 Å². The molecule has 0 aliphatic heterocycles. The third kappa shape index (κ3) is 6.22. The Hall–Kier alpha value is -4.14. The number of carboxylic acids is 1. The highest BCUT2D eigenvalue weighted by molar-refractivity contribution is 5.84. The van der Waals surface area contributed by atoms with Crippen LogP contribution in [0.1, 0.15) is 49.3 Å². The fraction of sp³-hybridized carbons (Fsp3) is 0.276. The second-order valence-electron chi connectivity index (χ2n) is 9.26. The Bertz CT molecular complexity index is 1460. The fourth-order valence-electron chi connectivity index (χ4n) is 4.73. The molecule has 1 fully saturated rings. The number of para-hydroxylation sites is 2. The van der Waals surface area contributed by atoms with Crippen molar-refractivity contribution in [3.05, 3.63) is 94.3 Å². The molecule has 2 heterocycles. The van der Waals surface area contributed by atoms with Gasteiger partial charge in [-0.2, -0.15) is 13.2 Å². The van der Waals surface area contributed by atoms with Crippen LogP contribution in [0.25, 0.3) is 16.7 Å². The van der Waals surface area contributed by atoms with Crippen LogP contribution in [-0.2, 0) is 4.79 Å². The summed E-state index contributed by atoms with van der Waals surface area (Å²) in [6.45, 7) is 2.04. The molecule has 1 aliphatic rings. The molecule has 2 aromatic carbocycles. The zero-order valence-corrected chi connectivity index (χ0v) is 20.8. The van der Waals surface area contributed by atoms with Gasteiger partial charge in [0.2, 0.25) is 0 Å². The van der Waals surface area contributed by atoms with E-state index in [1.165, 1.54) is 32.1 Å². The molecule has 5 rings (SSSR count). The molecule has 0 unspecified atom stereocenters. The molecule has 6 nitrogen and oxygen atoms in total. The van der Waals surface area contributed by atoms with Crippen molar-refractivity contribution in [1.29, 1.82) is 0 Å². The first-order chi connectivity index (χ1) is 18.1. The molecule has 38 heavy (non-hydrogen) atoms. The van der Waals surface area contributed by atoms with Crippen molar-refractivity contribution in [3.8, 4) is 5.69 Å². The SMILES string of the molecule is Cc1cc(C2CCCCC2)nc2c1c(=O)cc(Nc1ccccc1)n2-c1ccccc1.O=C(O)C(F)(F)F. The Morgan fingerprint density at radius 3 is 2.13 bits per heavy atom. The van der Waals surface area contributed by atoms with Crippen molar-refractivity contribution in [3.63, 3.8) is 0 Å². The predicted octanol–water partition coefficient (Wildman–Crippen LogP) is 7.12. The van der Waals surface area contributed by atoms with Crippen LogP contribution in [0.4, 0.5) is 24.7 Å². The number of aliphatic carboxylic acids is 1. The van der Waals surface area contributed by atoms with Crippen molar-refractivity contribution in [2.45, 2.75) is 51.1 Å². The molecule has 0 spiro atoms. The Balaban J connectivity index is 0.000000426. The van der Waals surface area contributed by atoms with Crippen molar-refractivity contribution >= 4 is 28.5 Å². The van der Waals surface area contributed by atoms with Gasteiger partial charge in [0.05, 0.1) is 5.39 Å². The maximum Gasteiger partial charge on any atom is 0.490 e. The first kappa shape index (κ1) is 26.9. The second kappa shape index (κ2) is 11.5. The van der Waals surface area contributed by atoms with Crippen LogP contribution in [0.5, 0.6) is 0 Å². The van der Waals surface area contributed by atoms with E-state index in [4.69, 9.17) is 14.9 Å². The van der Waals surface area contributed by atoms with Crippen LogP contribution in [0.15, 0.2) is 77.6 Å². The molecule has 2 N–H and O–H groups in total. The number of fused-ring (bicyclic) bond motifs is 1. The highest BCUT2D eigenvalue weighted by atomic mass is 19.4. The van der Waals surface area contributed by atoms with Gasteiger partial charge in [-0.25, -0.2) is 9.78 Å². The molecule has 4 aromatic rings. The Morgan fingerprint density at radius 1 is 0.974 bits per heavy atom. The lowest BCUT2D eigenvalue weighted by molar-refractivity contribution is -0.192. The molecule has 1 saturated carbocycles. The highest BCUT2D eigenvalue weighted by Crippen LogP contribution is 2.34. The molecule has 0 saturated heterocycles. The van der Waals surface area contributed by atoms with E-state index in [1.54, 1.807) is 6.07 Å². The second-order valence-corrected chi connectivity index (χ2v) is 9.26. The zero-order valence-electron chi connectivity index (χ0n) is 20.8. The van der Waals surface area contributed by atoms with Gasteiger partial charge in [0.1, 0.15) is 5.82 Å².